The topological polar surface area (TPSA) is 79.2 Å². The van der Waals surface area contributed by atoms with E-state index in [2.05, 4.69) is 10.2 Å². The van der Waals surface area contributed by atoms with E-state index in [1.807, 2.05) is 11.0 Å². The predicted octanol–water partition coefficient (Wildman–Crippen LogP) is 2.54. The highest BCUT2D eigenvalue weighted by atomic mass is 16.3. The van der Waals surface area contributed by atoms with Crippen molar-refractivity contribution >= 4 is 11.7 Å². The Kier molecular flexibility index (Phi) is 3.52. The quantitative estimate of drug-likeness (QED) is 0.924. The molecule has 1 saturated heterocycles. The van der Waals surface area contributed by atoms with Gasteiger partial charge in [-0.05, 0) is 25.3 Å². The molecule has 0 aromatic carbocycles. The van der Waals surface area contributed by atoms with Gasteiger partial charge in [0.25, 0.3) is 5.91 Å². The summed E-state index contributed by atoms with van der Waals surface area (Å²) in [6.45, 7) is 1.37. The van der Waals surface area contributed by atoms with Crippen LogP contribution in [-0.2, 0) is 6.42 Å². The predicted molar refractivity (Wildman–Crippen MR) is 82.4 cm³/mol. The standard InChI is InChI=1S/C17H19N3O3/c21-14-4-1-5-15-16(14)12(10-23-15)17(22)20-8-2-3-11(9-20)13-6-7-18-19-13/h6-7,10-11H,1-5,8-9H2,(H,18,19)/t11-/m1/s1. The first-order valence-electron chi connectivity index (χ1n) is 8.16. The summed E-state index contributed by atoms with van der Waals surface area (Å²) >= 11 is 0. The molecule has 0 saturated carbocycles. The maximum absolute atomic E-state index is 12.9. The molecule has 0 bridgehead atoms. The lowest BCUT2D eigenvalue weighted by Crippen LogP contribution is -2.39. The lowest BCUT2D eigenvalue weighted by molar-refractivity contribution is 0.0700. The number of carbonyl (C=O) groups excluding carboxylic acids is 2. The number of carbonyl (C=O) groups is 2. The molecule has 1 atom stereocenters. The van der Waals surface area contributed by atoms with E-state index in [1.165, 1.54) is 6.26 Å². The fraction of sp³-hybridized carbons (Fsp3) is 0.471. The molecule has 6 nitrogen and oxygen atoms in total. The SMILES string of the molecule is O=C1CCCc2occ(C(=O)N3CCC[C@@H](c4ccn[nH]4)C3)c21. The third kappa shape index (κ3) is 2.48. The van der Waals surface area contributed by atoms with Gasteiger partial charge in [-0.25, -0.2) is 0 Å². The molecule has 6 heteroatoms. The number of fused-ring (bicyclic) bond motifs is 1. The maximum Gasteiger partial charge on any atom is 0.257 e. The van der Waals surface area contributed by atoms with Crippen LogP contribution in [0.1, 0.15) is 63.8 Å². The van der Waals surface area contributed by atoms with Crippen molar-refractivity contribution in [3.05, 3.63) is 41.1 Å². The number of nitrogens with one attached hydrogen (secondary N) is 1. The van der Waals surface area contributed by atoms with Crippen LogP contribution in [0.15, 0.2) is 22.9 Å². The van der Waals surface area contributed by atoms with E-state index in [-0.39, 0.29) is 17.6 Å². The summed E-state index contributed by atoms with van der Waals surface area (Å²) in [5.41, 5.74) is 2.02. The van der Waals surface area contributed by atoms with Crippen molar-refractivity contribution in [1.29, 1.82) is 0 Å². The second-order valence-electron chi connectivity index (χ2n) is 6.33. The molecule has 0 spiro atoms. The van der Waals surface area contributed by atoms with Gasteiger partial charge in [0.2, 0.25) is 0 Å². The smallest absolute Gasteiger partial charge is 0.257 e. The molecule has 1 aliphatic carbocycles. The van der Waals surface area contributed by atoms with Gasteiger partial charge >= 0.3 is 0 Å². The Morgan fingerprint density at radius 3 is 3.09 bits per heavy atom. The van der Waals surface area contributed by atoms with Gasteiger partial charge in [-0.2, -0.15) is 5.10 Å². The summed E-state index contributed by atoms with van der Waals surface area (Å²) in [6.07, 6.45) is 7.24. The zero-order valence-electron chi connectivity index (χ0n) is 12.9. The zero-order valence-corrected chi connectivity index (χ0v) is 12.9. The number of aromatic nitrogens is 2. The van der Waals surface area contributed by atoms with Crippen LogP contribution in [0, 0.1) is 0 Å². The third-order valence-corrected chi connectivity index (χ3v) is 4.85. The molecule has 120 valence electrons. The monoisotopic (exact) mass is 313 g/mol. The van der Waals surface area contributed by atoms with Crippen LogP contribution in [0.25, 0.3) is 0 Å². The van der Waals surface area contributed by atoms with E-state index >= 15 is 0 Å². The first-order valence-corrected chi connectivity index (χ1v) is 8.16. The van der Waals surface area contributed by atoms with Gasteiger partial charge in [0.05, 0.1) is 11.1 Å². The van der Waals surface area contributed by atoms with Crippen molar-refractivity contribution in [3.63, 3.8) is 0 Å². The van der Waals surface area contributed by atoms with Crippen LogP contribution >= 0.6 is 0 Å². The number of hydrogen-bond donors (Lipinski definition) is 1. The Bertz CT molecular complexity index is 732. The third-order valence-electron chi connectivity index (χ3n) is 4.85. The van der Waals surface area contributed by atoms with E-state index in [0.29, 0.717) is 29.9 Å². The zero-order chi connectivity index (χ0) is 15.8. The molecule has 0 radical (unpaired) electrons. The van der Waals surface area contributed by atoms with Crippen molar-refractivity contribution in [2.75, 3.05) is 13.1 Å². The summed E-state index contributed by atoms with van der Waals surface area (Å²) in [6, 6.07) is 1.96. The first kappa shape index (κ1) is 14.2. The van der Waals surface area contributed by atoms with Crippen LogP contribution < -0.4 is 0 Å². The number of Topliss-reactive ketones (excluding diaryl/α,β-unsaturated/α-hetero) is 1. The van der Waals surface area contributed by atoms with Gasteiger partial charge in [0.15, 0.2) is 5.78 Å². The Morgan fingerprint density at radius 2 is 2.26 bits per heavy atom. The molecular formula is C17H19N3O3. The van der Waals surface area contributed by atoms with Crippen molar-refractivity contribution in [3.8, 4) is 0 Å². The molecule has 0 unspecified atom stereocenters. The highest BCUT2D eigenvalue weighted by Crippen LogP contribution is 2.30. The van der Waals surface area contributed by atoms with Crippen LogP contribution in [0.5, 0.6) is 0 Å². The molecule has 2 aromatic rings. The average Bonchev–Trinajstić information content (AvgIpc) is 3.25. The maximum atomic E-state index is 12.9. The van der Waals surface area contributed by atoms with Crippen molar-refractivity contribution in [2.45, 2.75) is 38.0 Å². The number of piperidine rings is 1. The number of rotatable bonds is 2. The Morgan fingerprint density at radius 1 is 1.35 bits per heavy atom. The molecule has 1 fully saturated rings. The van der Waals surface area contributed by atoms with E-state index in [1.54, 1.807) is 6.20 Å². The van der Waals surface area contributed by atoms with Gasteiger partial charge in [0, 0.05) is 43.7 Å². The number of ketones is 1. The highest BCUT2D eigenvalue weighted by molar-refractivity contribution is 6.09. The Balaban J connectivity index is 1.57. The lowest BCUT2D eigenvalue weighted by Gasteiger charge is -2.32. The van der Waals surface area contributed by atoms with Crippen LogP contribution in [0.3, 0.4) is 0 Å². The summed E-state index contributed by atoms with van der Waals surface area (Å²) in [5.74, 6) is 0.889. The molecule has 23 heavy (non-hydrogen) atoms. The van der Waals surface area contributed by atoms with Crippen LogP contribution in [0.4, 0.5) is 0 Å². The highest BCUT2D eigenvalue weighted by Gasteiger charge is 2.32. The minimum absolute atomic E-state index is 0.0328. The molecule has 1 N–H and O–H groups in total. The number of aromatic amines is 1. The number of likely N-dealkylation sites (tertiary alicyclic amines) is 1. The molecule has 3 heterocycles. The molecule has 1 amide bonds. The molecule has 4 rings (SSSR count). The fourth-order valence-corrected chi connectivity index (χ4v) is 3.66. The minimum atomic E-state index is -0.0885. The van der Waals surface area contributed by atoms with Crippen LogP contribution in [0.2, 0.25) is 0 Å². The number of hydrogen-bond acceptors (Lipinski definition) is 4. The van der Waals surface area contributed by atoms with E-state index < -0.39 is 0 Å². The molecule has 2 aliphatic rings. The number of H-pyrrole nitrogens is 1. The first-order chi connectivity index (χ1) is 11.2. The van der Waals surface area contributed by atoms with Crippen molar-refractivity contribution < 1.29 is 14.0 Å². The van der Waals surface area contributed by atoms with Gasteiger partial charge in [-0.15, -0.1) is 0 Å². The van der Waals surface area contributed by atoms with E-state index in [0.717, 1.165) is 37.9 Å². The Hall–Kier alpha value is -2.37. The lowest BCUT2D eigenvalue weighted by atomic mass is 9.92. The number of aryl methyl sites for hydroxylation is 1. The van der Waals surface area contributed by atoms with E-state index in [9.17, 15) is 9.59 Å². The van der Waals surface area contributed by atoms with Crippen molar-refractivity contribution in [2.24, 2.45) is 0 Å². The van der Waals surface area contributed by atoms with Gasteiger partial charge in [0.1, 0.15) is 12.0 Å². The summed E-state index contributed by atoms with van der Waals surface area (Å²) in [7, 11) is 0. The summed E-state index contributed by atoms with van der Waals surface area (Å²) in [5, 5.41) is 6.99. The second kappa shape index (κ2) is 5.68. The normalized spacial score (nSPS) is 21.3. The summed E-state index contributed by atoms with van der Waals surface area (Å²) in [4.78, 5) is 26.9. The van der Waals surface area contributed by atoms with Gasteiger partial charge in [-0.3, -0.25) is 14.7 Å². The van der Waals surface area contributed by atoms with Crippen LogP contribution in [-0.4, -0.2) is 39.9 Å². The molecule has 1 aliphatic heterocycles. The Labute approximate surface area is 133 Å². The number of nitrogens with zero attached hydrogens (tertiary/aromatic N) is 2. The molecular weight excluding hydrogens is 294 g/mol. The average molecular weight is 313 g/mol. The van der Waals surface area contributed by atoms with Gasteiger partial charge in [-0.1, -0.05) is 0 Å². The fourth-order valence-electron chi connectivity index (χ4n) is 3.66. The van der Waals surface area contributed by atoms with Gasteiger partial charge < -0.3 is 9.32 Å². The number of furan rings is 1. The number of amides is 1. The second-order valence-corrected chi connectivity index (χ2v) is 6.33. The molecule has 2 aromatic heterocycles. The largest absolute Gasteiger partial charge is 0.468 e. The minimum Gasteiger partial charge on any atom is -0.468 e. The summed E-state index contributed by atoms with van der Waals surface area (Å²) < 4.78 is 5.48. The van der Waals surface area contributed by atoms with Crippen molar-refractivity contribution in [1.82, 2.24) is 15.1 Å². The van der Waals surface area contributed by atoms with E-state index in [4.69, 9.17) is 4.42 Å².